The topological polar surface area (TPSA) is 49.9 Å². The minimum absolute atomic E-state index is 0.00196. The Morgan fingerprint density at radius 2 is 1.69 bits per heavy atom. The van der Waals surface area contributed by atoms with Gasteiger partial charge >= 0.3 is 0 Å². The second-order valence-electron chi connectivity index (χ2n) is 8.62. The van der Waals surface area contributed by atoms with Crippen molar-refractivity contribution in [3.05, 3.63) is 99.3 Å². The van der Waals surface area contributed by atoms with Crippen molar-refractivity contribution in [1.82, 2.24) is 9.21 Å². The number of hydrogen-bond donors (Lipinski definition) is 0. The van der Waals surface area contributed by atoms with Crippen molar-refractivity contribution in [3.8, 4) is 0 Å². The summed E-state index contributed by atoms with van der Waals surface area (Å²) in [6, 6.07) is 19.3. The van der Waals surface area contributed by atoms with Gasteiger partial charge in [0.1, 0.15) is 5.82 Å². The average Bonchev–Trinajstić information content (AvgIpc) is 2.84. The predicted octanol–water partition coefficient (Wildman–Crippen LogP) is 5.71. The zero-order valence-corrected chi connectivity index (χ0v) is 21.7. The second-order valence-corrected chi connectivity index (χ2v) is 11.4. The van der Waals surface area contributed by atoms with Crippen LogP contribution in [-0.4, -0.2) is 50.3 Å². The summed E-state index contributed by atoms with van der Waals surface area (Å²) in [6.45, 7) is 4.87. The predicted molar refractivity (Wildman–Crippen MR) is 137 cm³/mol. The zero-order chi connectivity index (χ0) is 25.0. The van der Waals surface area contributed by atoms with Crippen molar-refractivity contribution < 1.29 is 17.5 Å². The van der Waals surface area contributed by atoms with Crippen LogP contribution in [0.2, 0.25) is 10.0 Å². The van der Waals surface area contributed by atoms with Crippen LogP contribution in [0.25, 0.3) is 0 Å². The SMILES string of the molecule is Cc1cccc(COC(CN2CCN(S(=O)(=O)c3ccc(F)c(Cl)c3)CC2)c2ccc(Cl)cc2)c1. The lowest BCUT2D eigenvalue weighted by Crippen LogP contribution is -2.49. The Kier molecular flexibility index (Phi) is 8.47. The number of ether oxygens (including phenoxy) is 1. The summed E-state index contributed by atoms with van der Waals surface area (Å²) in [5.74, 6) is -0.644. The Labute approximate surface area is 216 Å². The third-order valence-electron chi connectivity index (χ3n) is 6.06. The van der Waals surface area contributed by atoms with Crippen LogP contribution in [-0.2, 0) is 21.4 Å². The summed E-state index contributed by atoms with van der Waals surface area (Å²) < 4.78 is 47.3. The molecule has 1 atom stereocenters. The first-order valence-electron chi connectivity index (χ1n) is 11.3. The van der Waals surface area contributed by atoms with Crippen LogP contribution in [0.15, 0.2) is 71.6 Å². The Balaban J connectivity index is 1.42. The van der Waals surface area contributed by atoms with Gasteiger partial charge in [-0.3, -0.25) is 4.90 Å². The van der Waals surface area contributed by atoms with Crippen LogP contribution >= 0.6 is 23.2 Å². The number of halogens is 3. The van der Waals surface area contributed by atoms with Gasteiger partial charge < -0.3 is 4.74 Å². The van der Waals surface area contributed by atoms with E-state index in [-0.39, 0.29) is 16.0 Å². The molecule has 1 heterocycles. The van der Waals surface area contributed by atoms with Crippen LogP contribution in [0, 0.1) is 12.7 Å². The molecule has 1 aliphatic heterocycles. The Morgan fingerprint density at radius 1 is 0.971 bits per heavy atom. The largest absolute Gasteiger partial charge is 0.368 e. The fourth-order valence-corrected chi connectivity index (χ4v) is 5.92. The number of hydrogen-bond acceptors (Lipinski definition) is 4. The van der Waals surface area contributed by atoms with Crippen LogP contribution in [0.5, 0.6) is 0 Å². The lowest BCUT2D eigenvalue weighted by atomic mass is 10.1. The number of rotatable bonds is 8. The molecule has 1 unspecified atom stereocenters. The molecule has 4 rings (SSSR count). The molecule has 186 valence electrons. The van der Waals surface area contributed by atoms with Gasteiger partial charge in [0.25, 0.3) is 0 Å². The maximum Gasteiger partial charge on any atom is 0.243 e. The smallest absolute Gasteiger partial charge is 0.243 e. The number of sulfonamides is 1. The summed E-state index contributed by atoms with van der Waals surface area (Å²) in [6.07, 6.45) is -0.202. The van der Waals surface area contributed by atoms with Crippen molar-refractivity contribution in [2.45, 2.75) is 24.5 Å². The molecule has 1 saturated heterocycles. The van der Waals surface area contributed by atoms with Crippen LogP contribution in [0.3, 0.4) is 0 Å². The fourth-order valence-electron chi connectivity index (χ4n) is 4.10. The van der Waals surface area contributed by atoms with Gasteiger partial charge in [0, 0.05) is 37.7 Å². The van der Waals surface area contributed by atoms with Gasteiger partial charge in [-0.2, -0.15) is 4.31 Å². The van der Waals surface area contributed by atoms with Gasteiger partial charge in [0.15, 0.2) is 0 Å². The van der Waals surface area contributed by atoms with Gasteiger partial charge in [-0.05, 0) is 48.4 Å². The van der Waals surface area contributed by atoms with E-state index in [9.17, 15) is 12.8 Å². The van der Waals surface area contributed by atoms with E-state index in [0.717, 1.165) is 23.3 Å². The molecule has 1 aliphatic rings. The first-order valence-corrected chi connectivity index (χ1v) is 13.5. The lowest BCUT2D eigenvalue weighted by Gasteiger charge is -2.36. The van der Waals surface area contributed by atoms with Crippen molar-refractivity contribution >= 4 is 33.2 Å². The molecule has 0 N–H and O–H groups in total. The van der Waals surface area contributed by atoms with Crippen LogP contribution in [0.1, 0.15) is 22.8 Å². The number of piperazine rings is 1. The van der Waals surface area contributed by atoms with Gasteiger partial charge in [-0.15, -0.1) is 0 Å². The Hall–Kier alpha value is -2.00. The first-order chi connectivity index (χ1) is 16.7. The van der Waals surface area contributed by atoms with E-state index in [4.69, 9.17) is 27.9 Å². The third-order valence-corrected chi connectivity index (χ3v) is 8.50. The maximum atomic E-state index is 13.5. The van der Waals surface area contributed by atoms with Crippen LogP contribution < -0.4 is 0 Å². The monoisotopic (exact) mass is 536 g/mol. The molecule has 9 heteroatoms. The van der Waals surface area contributed by atoms with Gasteiger partial charge in [0.05, 0.1) is 22.6 Å². The Bertz CT molecular complexity index is 1260. The van der Waals surface area contributed by atoms with Crippen molar-refractivity contribution in [2.24, 2.45) is 0 Å². The first kappa shape index (κ1) is 26.1. The number of nitrogens with zero attached hydrogens (tertiary/aromatic N) is 2. The number of aryl methyl sites for hydroxylation is 1. The molecule has 0 amide bonds. The highest BCUT2D eigenvalue weighted by atomic mass is 35.5. The summed E-state index contributed by atoms with van der Waals surface area (Å²) in [5.41, 5.74) is 3.28. The van der Waals surface area contributed by atoms with E-state index in [1.807, 2.05) is 49.4 Å². The highest BCUT2D eigenvalue weighted by Crippen LogP contribution is 2.26. The third kappa shape index (κ3) is 6.61. The summed E-state index contributed by atoms with van der Waals surface area (Å²) in [7, 11) is -3.75. The highest BCUT2D eigenvalue weighted by Gasteiger charge is 2.30. The van der Waals surface area contributed by atoms with Gasteiger partial charge in [0.2, 0.25) is 10.0 Å². The van der Waals surface area contributed by atoms with E-state index < -0.39 is 15.8 Å². The molecular formula is C26H27Cl2FN2O3S. The molecule has 1 fully saturated rings. The molecule has 0 bridgehead atoms. The molecule has 5 nitrogen and oxygen atoms in total. The summed E-state index contributed by atoms with van der Waals surface area (Å²) in [4.78, 5) is 2.19. The molecule has 0 aliphatic carbocycles. The minimum Gasteiger partial charge on any atom is -0.368 e. The van der Waals surface area contributed by atoms with Crippen molar-refractivity contribution in [1.29, 1.82) is 0 Å². The molecule has 0 spiro atoms. The molecule has 3 aromatic carbocycles. The summed E-state index contributed by atoms with van der Waals surface area (Å²) >= 11 is 11.9. The average molecular weight is 537 g/mol. The molecule has 35 heavy (non-hydrogen) atoms. The quantitative estimate of drug-likeness (QED) is 0.370. The molecule has 3 aromatic rings. The molecule has 0 saturated carbocycles. The fraction of sp³-hybridized carbons (Fsp3) is 0.308. The molecular weight excluding hydrogens is 510 g/mol. The maximum absolute atomic E-state index is 13.5. The normalized spacial score (nSPS) is 16.3. The van der Waals surface area contributed by atoms with Crippen molar-refractivity contribution in [2.75, 3.05) is 32.7 Å². The van der Waals surface area contributed by atoms with E-state index in [1.54, 1.807) is 0 Å². The second kappa shape index (κ2) is 11.4. The van der Waals surface area contributed by atoms with E-state index in [2.05, 4.69) is 11.0 Å². The summed E-state index contributed by atoms with van der Waals surface area (Å²) in [5, 5.41) is 0.451. The number of benzene rings is 3. The zero-order valence-electron chi connectivity index (χ0n) is 19.3. The minimum atomic E-state index is -3.75. The molecule has 0 radical (unpaired) electrons. The Morgan fingerprint density at radius 3 is 2.34 bits per heavy atom. The highest BCUT2D eigenvalue weighted by molar-refractivity contribution is 7.89. The molecule has 0 aromatic heterocycles. The van der Waals surface area contributed by atoms with Crippen molar-refractivity contribution in [3.63, 3.8) is 0 Å². The van der Waals surface area contributed by atoms with Gasteiger partial charge in [-0.25, -0.2) is 12.8 Å². The van der Waals surface area contributed by atoms with E-state index in [1.165, 1.54) is 15.9 Å². The van der Waals surface area contributed by atoms with Crippen LogP contribution in [0.4, 0.5) is 4.39 Å². The standard InChI is InChI=1S/C26H27Cl2FN2O3S/c1-19-3-2-4-20(15-19)18-34-26(21-5-7-22(27)8-6-21)17-30-11-13-31(14-12-30)35(32,33)23-9-10-25(29)24(28)16-23/h2-10,15-16,26H,11-14,17-18H2,1H3. The van der Waals surface area contributed by atoms with Gasteiger partial charge in [-0.1, -0.05) is 65.2 Å². The van der Waals surface area contributed by atoms with E-state index in [0.29, 0.717) is 44.4 Å². The lowest BCUT2D eigenvalue weighted by molar-refractivity contribution is 0.00771. The van der Waals surface area contributed by atoms with E-state index >= 15 is 0 Å².